The number of ether oxygens (including phenoxy) is 1. The van der Waals surface area contributed by atoms with Crippen LogP contribution >= 0.6 is 0 Å². The Hall–Kier alpha value is -1.66. The highest BCUT2D eigenvalue weighted by Gasteiger charge is 2.20. The van der Waals surface area contributed by atoms with Gasteiger partial charge in [0.1, 0.15) is 0 Å². The molecule has 0 fully saturated rings. The van der Waals surface area contributed by atoms with E-state index < -0.39 is 12.1 Å². The van der Waals surface area contributed by atoms with Gasteiger partial charge in [0, 0.05) is 12.8 Å². The van der Waals surface area contributed by atoms with Crippen LogP contribution in [-0.2, 0) is 14.3 Å². The molecule has 0 aliphatic heterocycles. The topological polar surface area (TPSA) is 95.9 Å². The van der Waals surface area contributed by atoms with E-state index in [4.69, 9.17) is 4.74 Å². The molecule has 438 valence electrons. The van der Waals surface area contributed by atoms with E-state index in [1.165, 1.54) is 295 Å². The molecule has 0 aromatic rings. The second-order valence-electron chi connectivity index (χ2n) is 23.2. The smallest absolute Gasteiger partial charge is 0.305 e. The second-order valence-corrected chi connectivity index (χ2v) is 23.2. The molecule has 6 nitrogen and oxygen atoms in total. The molecule has 0 spiro atoms. The van der Waals surface area contributed by atoms with Gasteiger partial charge >= 0.3 is 5.97 Å². The highest BCUT2D eigenvalue weighted by atomic mass is 16.5. The van der Waals surface area contributed by atoms with Gasteiger partial charge in [0.05, 0.1) is 25.4 Å². The van der Waals surface area contributed by atoms with E-state index in [2.05, 4.69) is 43.5 Å². The van der Waals surface area contributed by atoms with Crippen LogP contribution in [0.1, 0.15) is 373 Å². The lowest BCUT2D eigenvalue weighted by atomic mass is 10.0. The average Bonchev–Trinajstić information content (AvgIpc) is 3.40. The van der Waals surface area contributed by atoms with Crippen molar-refractivity contribution in [3.8, 4) is 0 Å². The molecule has 2 atom stereocenters. The highest BCUT2D eigenvalue weighted by molar-refractivity contribution is 5.76. The second kappa shape index (κ2) is 63.9. The van der Waals surface area contributed by atoms with E-state index in [1.807, 2.05) is 0 Å². The summed E-state index contributed by atoms with van der Waals surface area (Å²) >= 11 is 0. The monoisotopic (exact) mass is 1040 g/mol. The lowest BCUT2D eigenvalue weighted by Gasteiger charge is -2.22. The zero-order valence-corrected chi connectivity index (χ0v) is 50.1. The molecule has 0 rings (SSSR count). The maximum absolute atomic E-state index is 12.5. The van der Waals surface area contributed by atoms with Gasteiger partial charge in [-0.25, -0.2) is 0 Å². The molecule has 0 heterocycles. The molecule has 3 N–H and O–H groups in total. The number of carbonyl (C=O) groups excluding carboxylic acids is 2. The van der Waals surface area contributed by atoms with Gasteiger partial charge in [-0.3, -0.25) is 9.59 Å². The highest BCUT2D eigenvalue weighted by Crippen LogP contribution is 2.18. The van der Waals surface area contributed by atoms with Crippen molar-refractivity contribution in [2.24, 2.45) is 0 Å². The normalized spacial score (nSPS) is 12.6. The summed E-state index contributed by atoms with van der Waals surface area (Å²) in [4.78, 5) is 24.6. The van der Waals surface area contributed by atoms with Crippen molar-refractivity contribution in [1.29, 1.82) is 0 Å². The summed E-state index contributed by atoms with van der Waals surface area (Å²) < 4.78 is 5.50. The van der Waals surface area contributed by atoms with Crippen LogP contribution < -0.4 is 5.32 Å². The van der Waals surface area contributed by atoms with E-state index >= 15 is 0 Å². The first-order valence-corrected chi connectivity index (χ1v) is 33.6. The minimum atomic E-state index is -0.668. The van der Waals surface area contributed by atoms with Crippen molar-refractivity contribution < 1.29 is 24.5 Å². The molecule has 0 aromatic carbocycles. The number of hydrogen-bond acceptors (Lipinski definition) is 5. The van der Waals surface area contributed by atoms with Crippen molar-refractivity contribution in [2.45, 2.75) is 386 Å². The van der Waals surface area contributed by atoms with Crippen LogP contribution in [0.4, 0.5) is 0 Å². The number of nitrogens with one attached hydrogen (secondary N) is 1. The fourth-order valence-electron chi connectivity index (χ4n) is 10.6. The number of allylic oxidation sites excluding steroid dienone is 4. The molecular weight excluding hydrogens is 911 g/mol. The van der Waals surface area contributed by atoms with Crippen molar-refractivity contribution in [3.05, 3.63) is 24.3 Å². The molecular formula is C68H131NO5. The predicted molar refractivity (Wildman–Crippen MR) is 324 cm³/mol. The largest absolute Gasteiger partial charge is 0.466 e. The zero-order chi connectivity index (χ0) is 53.6. The Labute approximate surface area is 462 Å². The van der Waals surface area contributed by atoms with Crippen LogP contribution in [0.25, 0.3) is 0 Å². The standard InChI is InChI=1S/C68H131NO5/c1-3-5-7-9-11-13-15-17-19-29-34-38-42-46-50-54-58-62-68(73)74-63-59-55-51-47-43-39-35-31-28-26-24-22-20-21-23-25-27-30-33-37-41-45-49-53-57-61-67(72)69-65(64-70)66(71)60-56-52-48-44-40-36-32-18-16-14-12-10-8-6-4-2/h21-24,65-66,70-71H,3-20,25-64H2,1-2H3,(H,69,72)/b23-21-,24-22-. The van der Waals surface area contributed by atoms with E-state index in [1.54, 1.807) is 0 Å². The number of esters is 1. The van der Waals surface area contributed by atoms with Crippen molar-refractivity contribution in [2.75, 3.05) is 13.2 Å². The number of aliphatic hydroxyl groups is 2. The van der Waals surface area contributed by atoms with Gasteiger partial charge in [-0.05, 0) is 57.8 Å². The maximum atomic E-state index is 12.5. The third kappa shape index (κ3) is 59.6. The number of hydrogen-bond donors (Lipinski definition) is 3. The van der Waals surface area contributed by atoms with Crippen LogP contribution in [0, 0.1) is 0 Å². The van der Waals surface area contributed by atoms with E-state index in [-0.39, 0.29) is 18.5 Å². The van der Waals surface area contributed by atoms with E-state index in [0.29, 0.717) is 25.9 Å². The fraction of sp³-hybridized carbons (Fsp3) is 0.912. The van der Waals surface area contributed by atoms with Crippen LogP contribution in [0.5, 0.6) is 0 Å². The molecule has 0 bridgehead atoms. The van der Waals surface area contributed by atoms with Crippen LogP contribution in [0.2, 0.25) is 0 Å². The SMILES string of the molecule is CCCCCCCCCCCCCCCCCCCC(=O)OCCCCCCCCCCC/C=C\C/C=C\CCCCCCCCCCCC(=O)NC(CO)C(O)CCCCCCCCCCCCCCCCC. The first kappa shape index (κ1) is 72.3. The molecule has 74 heavy (non-hydrogen) atoms. The third-order valence-electron chi connectivity index (χ3n) is 15.8. The Morgan fingerprint density at radius 3 is 1.03 bits per heavy atom. The average molecular weight is 1040 g/mol. The maximum Gasteiger partial charge on any atom is 0.305 e. The van der Waals surface area contributed by atoms with Gasteiger partial charge in [-0.1, -0.05) is 327 Å². The molecule has 0 radical (unpaired) electrons. The Morgan fingerprint density at radius 1 is 0.378 bits per heavy atom. The lowest BCUT2D eigenvalue weighted by molar-refractivity contribution is -0.143. The van der Waals surface area contributed by atoms with Crippen LogP contribution in [0.15, 0.2) is 24.3 Å². The number of amides is 1. The molecule has 2 unspecified atom stereocenters. The minimum absolute atomic E-state index is 0.0136. The first-order valence-electron chi connectivity index (χ1n) is 33.6. The Kier molecular flexibility index (Phi) is 62.4. The Morgan fingerprint density at radius 2 is 0.676 bits per heavy atom. The number of aliphatic hydroxyl groups excluding tert-OH is 2. The minimum Gasteiger partial charge on any atom is -0.466 e. The molecule has 6 heteroatoms. The molecule has 0 aromatic heterocycles. The third-order valence-corrected chi connectivity index (χ3v) is 15.8. The van der Waals surface area contributed by atoms with Gasteiger partial charge in [-0.2, -0.15) is 0 Å². The summed E-state index contributed by atoms with van der Waals surface area (Å²) in [6.45, 7) is 4.98. The first-order chi connectivity index (χ1) is 36.5. The van der Waals surface area contributed by atoms with Crippen molar-refractivity contribution in [1.82, 2.24) is 5.32 Å². The molecule has 0 aliphatic rings. The predicted octanol–water partition coefficient (Wildman–Crippen LogP) is 21.4. The van der Waals surface area contributed by atoms with Gasteiger partial charge in [0.15, 0.2) is 0 Å². The fourth-order valence-corrected chi connectivity index (χ4v) is 10.6. The summed E-state index contributed by atoms with van der Waals surface area (Å²) in [7, 11) is 0. The summed E-state index contributed by atoms with van der Waals surface area (Å²) in [5.74, 6) is -0.0252. The van der Waals surface area contributed by atoms with E-state index in [9.17, 15) is 19.8 Å². The number of carbonyl (C=O) groups is 2. The van der Waals surface area contributed by atoms with Gasteiger partial charge < -0.3 is 20.3 Å². The van der Waals surface area contributed by atoms with Gasteiger partial charge in [-0.15, -0.1) is 0 Å². The van der Waals surface area contributed by atoms with Gasteiger partial charge in [0.2, 0.25) is 5.91 Å². The summed E-state index contributed by atoms with van der Waals surface area (Å²) in [5.41, 5.74) is 0. The summed E-state index contributed by atoms with van der Waals surface area (Å²) in [6, 6.07) is -0.546. The van der Waals surface area contributed by atoms with Crippen molar-refractivity contribution in [3.63, 3.8) is 0 Å². The summed E-state index contributed by atoms with van der Waals surface area (Å²) in [5, 5.41) is 23.3. The number of unbranched alkanes of at least 4 members (excludes halogenated alkanes) is 48. The van der Waals surface area contributed by atoms with E-state index in [0.717, 1.165) is 44.9 Å². The van der Waals surface area contributed by atoms with Crippen molar-refractivity contribution >= 4 is 11.9 Å². The summed E-state index contributed by atoms with van der Waals surface area (Å²) in [6.07, 6.45) is 79.2. The Balaban J connectivity index is 3.41. The molecule has 0 saturated heterocycles. The molecule has 0 aliphatic carbocycles. The molecule has 1 amide bonds. The number of rotatable bonds is 63. The molecule has 0 saturated carbocycles. The van der Waals surface area contributed by atoms with Crippen LogP contribution in [-0.4, -0.2) is 47.4 Å². The Bertz CT molecular complexity index is 1150. The van der Waals surface area contributed by atoms with Crippen LogP contribution in [0.3, 0.4) is 0 Å². The lowest BCUT2D eigenvalue weighted by Crippen LogP contribution is -2.45. The zero-order valence-electron chi connectivity index (χ0n) is 50.1. The quantitative estimate of drug-likeness (QED) is 0.0320. The van der Waals surface area contributed by atoms with Gasteiger partial charge in [0.25, 0.3) is 0 Å².